The van der Waals surface area contributed by atoms with E-state index in [-0.39, 0.29) is 11.4 Å². The van der Waals surface area contributed by atoms with Gasteiger partial charge in [-0.15, -0.1) is 0 Å². The molecule has 0 aliphatic rings. The molecule has 3 aromatic rings. The van der Waals surface area contributed by atoms with Crippen LogP contribution in [0.3, 0.4) is 0 Å². The average molecular weight is 454 g/mol. The Morgan fingerprint density at radius 2 is 1.92 bits per heavy atom. The summed E-state index contributed by atoms with van der Waals surface area (Å²) in [6.45, 7) is 4.15. The molecule has 2 aromatic carbocycles. The van der Waals surface area contributed by atoms with Gasteiger partial charge in [0.05, 0.1) is 11.1 Å². The highest BCUT2D eigenvalue weighted by molar-refractivity contribution is 14.1. The van der Waals surface area contributed by atoms with E-state index in [1.807, 2.05) is 36.4 Å². The minimum atomic E-state index is -0.536. The van der Waals surface area contributed by atoms with Crippen molar-refractivity contribution in [3.8, 4) is 0 Å². The fourth-order valence-electron chi connectivity index (χ4n) is 3.06. The largest absolute Gasteiger partial charge is 0.356 e. The van der Waals surface area contributed by atoms with Crippen LogP contribution in [0.1, 0.15) is 27.2 Å². The zero-order valence-electron chi connectivity index (χ0n) is 13.8. The number of nitrogens with one attached hydrogen (secondary N) is 2. The number of aryl methyl sites for hydroxylation is 2. The smallest absolute Gasteiger partial charge is 0.255 e. The highest BCUT2D eigenvalue weighted by atomic mass is 127. The Balaban J connectivity index is 1.79. The number of carbonyl (C=O) groups is 1. The Morgan fingerprint density at radius 1 is 1.16 bits per heavy atom. The summed E-state index contributed by atoms with van der Waals surface area (Å²) in [4.78, 5) is 15.3. The van der Waals surface area contributed by atoms with E-state index in [1.165, 1.54) is 12.1 Å². The van der Waals surface area contributed by atoms with Crippen molar-refractivity contribution >= 4 is 39.4 Å². The number of aromatic amines is 1. The maximum atomic E-state index is 14.0. The number of benzene rings is 2. The molecule has 0 atom stereocenters. The summed E-state index contributed by atoms with van der Waals surface area (Å²) < 4.78 is 28.4. The van der Waals surface area contributed by atoms with Crippen molar-refractivity contribution in [2.24, 2.45) is 0 Å². The Labute approximate surface area is 158 Å². The first-order valence-corrected chi connectivity index (χ1v) is 8.96. The number of H-pyrrole nitrogens is 1. The quantitative estimate of drug-likeness (QED) is 0.555. The number of aromatic nitrogens is 1. The second-order valence-corrected chi connectivity index (χ2v) is 7.11. The van der Waals surface area contributed by atoms with Gasteiger partial charge in [0, 0.05) is 21.2 Å². The molecule has 2 N–H and O–H groups in total. The van der Waals surface area contributed by atoms with E-state index in [2.05, 4.69) is 10.3 Å². The molecule has 3 rings (SSSR count). The van der Waals surface area contributed by atoms with E-state index in [4.69, 9.17) is 0 Å². The second-order valence-electron chi connectivity index (χ2n) is 5.95. The molecule has 3 nitrogen and oxygen atoms in total. The summed E-state index contributed by atoms with van der Waals surface area (Å²) in [7, 11) is 0. The number of fused-ring (bicyclic) bond motifs is 1. The van der Waals surface area contributed by atoms with Crippen molar-refractivity contribution in [2.45, 2.75) is 20.3 Å². The highest BCUT2D eigenvalue weighted by Gasteiger charge is 2.17. The van der Waals surface area contributed by atoms with E-state index in [9.17, 15) is 13.6 Å². The van der Waals surface area contributed by atoms with Gasteiger partial charge in [0.1, 0.15) is 11.6 Å². The van der Waals surface area contributed by atoms with Gasteiger partial charge in [-0.25, -0.2) is 8.78 Å². The topological polar surface area (TPSA) is 44.9 Å². The van der Waals surface area contributed by atoms with Gasteiger partial charge < -0.3 is 10.3 Å². The van der Waals surface area contributed by atoms with E-state index >= 15 is 0 Å². The zero-order valence-corrected chi connectivity index (χ0v) is 16.0. The van der Waals surface area contributed by atoms with Crippen molar-refractivity contribution in [2.75, 3.05) is 6.54 Å². The van der Waals surface area contributed by atoms with Gasteiger partial charge in [-0.2, -0.15) is 0 Å². The molecule has 1 heterocycles. The van der Waals surface area contributed by atoms with Crippen molar-refractivity contribution in [1.29, 1.82) is 0 Å². The Bertz CT molecular complexity index is 945. The first kappa shape index (κ1) is 17.8. The number of halogens is 3. The number of carbonyl (C=O) groups excluding carboxylic acids is 1. The molecule has 1 aromatic heterocycles. The van der Waals surface area contributed by atoms with Gasteiger partial charge in [-0.3, -0.25) is 4.79 Å². The molecule has 1 amide bonds. The normalized spacial score (nSPS) is 11.1. The fraction of sp³-hybridized carbons (Fsp3) is 0.211. The van der Waals surface area contributed by atoms with Crippen LogP contribution in [0.4, 0.5) is 8.78 Å². The predicted octanol–water partition coefficient (Wildman–Crippen LogP) is 4.64. The van der Waals surface area contributed by atoms with Crippen molar-refractivity contribution in [3.05, 3.63) is 67.9 Å². The van der Waals surface area contributed by atoms with E-state index in [1.54, 1.807) is 18.2 Å². The van der Waals surface area contributed by atoms with Gasteiger partial charge >= 0.3 is 0 Å². The molecule has 6 heteroatoms. The summed E-state index contributed by atoms with van der Waals surface area (Å²) in [5.74, 6) is -1.27. The second kappa shape index (κ2) is 7.11. The van der Waals surface area contributed by atoms with E-state index in [0.717, 1.165) is 22.2 Å². The van der Waals surface area contributed by atoms with Gasteiger partial charge in [-0.05, 0) is 72.2 Å². The summed E-state index contributed by atoms with van der Waals surface area (Å²) in [5, 5.41) is 3.61. The third kappa shape index (κ3) is 3.40. The van der Waals surface area contributed by atoms with Crippen LogP contribution in [0.15, 0.2) is 30.3 Å². The van der Waals surface area contributed by atoms with E-state index in [0.29, 0.717) is 22.1 Å². The molecule has 0 saturated carbocycles. The molecule has 0 radical (unpaired) electrons. The molecule has 0 bridgehead atoms. The minimum absolute atomic E-state index is 0.0565. The molecule has 0 fully saturated rings. The van der Waals surface area contributed by atoms with E-state index < -0.39 is 11.7 Å². The maximum Gasteiger partial charge on any atom is 0.255 e. The lowest BCUT2D eigenvalue weighted by Gasteiger charge is -2.09. The highest BCUT2D eigenvalue weighted by Crippen LogP contribution is 2.27. The lowest BCUT2D eigenvalue weighted by atomic mass is 10.0. The van der Waals surface area contributed by atoms with Gasteiger partial charge in [0.15, 0.2) is 0 Å². The lowest BCUT2D eigenvalue weighted by Crippen LogP contribution is -2.27. The number of hydrogen-bond donors (Lipinski definition) is 2. The van der Waals surface area contributed by atoms with Crippen LogP contribution in [0.25, 0.3) is 10.9 Å². The average Bonchev–Trinajstić information content (AvgIpc) is 2.89. The summed E-state index contributed by atoms with van der Waals surface area (Å²) in [5.41, 5.74) is 3.36. The van der Waals surface area contributed by atoms with Crippen LogP contribution in [0, 0.1) is 29.1 Å². The first-order chi connectivity index (χ1) is 11.9. The zero-order chi connectivity index (χ0) is 18.1. The van der Waals surface area contributed by atoms with Crippen molar-refractivity contribution in [3.63, 3.8) is 0 Å². The number of amides is 1. The fourth-order valence-corrected chi connectivity index (χ4v) is 3.77. The monoisotopic (exact) mass is 454 g/mol. The van der Waals surface area contributed by atoms with Crippen LogP contribution in [0.5, 0.6) is 0 Å². The van der Waals surface area contributed by atoms with Crippen LogP contribution in [-0.2, 0) is 6.42 Å². The predicted molar refractivity (Wildman–Crippen MR) is 103 cm³/mol. The molecule has 130 valence electrons. The first-order valence-electron chi connectivity index (χ1n) is 7.88. The number of hydrogen-bond acceptors (Lipinski definition) is 1. The minimum Gasteiger partial charge on any atom is -0.356 e. The maximum absolute atomic E-state index is 14.0. The van der Waals surface area contributed by atoms with Crippen molar-refractivity contribution in [1.82, 2.24) is 10.3 Å². The Morgan fingerprint density at radius 3 is 2.64 bits per heavy atom. The van der Waals surface area contributed by atoms with Crippen LogP contribution >= 0.6 is 22.6 Å². The third-order valence-corrected chi connectivity index (χ3v) is 5.18. The Hall–Kier alpha value is -1.96. The van der Waals surface area contributed by atoms with Crippen LogP contribution < -0.4 is 5.32 Å². The Kier molecular flexibility index (Phi) is 5.08. The SMILES string of the molecule is Cc1[nH]c2c(F)ccc(C)c2c1CCNC(=O)c1c(F)cccc1I. The molecule has 0 aliphatic heterocycles. The van der Waals surface area contributed by atoms with Gasteiger partial charge in [0.25, 0.3) is 5.91 Å². The van der Waals surface area contributed by atoms with Crippen LogP contribution in [-0.4, -0.2) is 17.4 Å². The number of rotatable bonds is 4. The molecule has 0 aliphatic carbocycles. The standard InChI is InChI=1S/C19H17F2IN2O/c1-10-6-7-14(21)18-16(10)12(11(2)24-18)8-9-23-19(25)17-13(20)4-3-5-15(17)22/h3-7,24H,8-9H2,1-2H3,(H,23,25). The third-order valence-electron chi connectivity index (χ3n) is 4.28. The molecule has 0 unspecified atom stereocenters. The summed E-state index contributed by atoms with van der Waals surface area (Å²) >= 11 is 1.94. The molecular weight excluding hydrogens is 437 g/mol. The van der Waals surface area contributed by atoms with Crippen LogP contribution in [0.2, 0.25) is 0 Å². The summed E-state index contributed by atoms with van der Waals surface area (Å²) in [6, 6.07) is 7.72. The molecular formula is C19H17F2IN2O. The van der Waals surface area contributed by atoms with Gasteiger partial charge in [0.2, 0.25) is 0 Å². The summed E-state index contributed by atoms with van der Waals surface area (Å²) in [6.07, 6.45) is 0.535. The lowest BCUT2D eigenvalue weighted by molar-refractivity contribution is 0.0949. The molecule has 0 saturated heterocycles. The molecule has 25 heavy (non-hydrogen) atoms. The van der Waals surface area contributed by atoms with Crippen molar-refractivity contribution < 1.29 is 13.6 Å². The van der Waals surface area contributed by atoms with Gasteiger partial charge in [-0.1, -0.05) is 12.1 Å². The molecule has 0 spiro atoms.